The van der Waals surface area contributed by atoms with Crippen LogP contribution in [0, 0.1) is 13.8 Å². The number of aromatic nitrogens is 2. The van der Waals surface area contributed by atoms with E-state index in [1.54, 1.807) is 0 Å². The summed E-state index contributed by atoms with van der Waals surface area (Å²) < 4.78 is 0.255. The number of hydrogen-bond acceptors (Lipinski definition) is 4. The minimum absolute atomic E-state index is 0.255. The fourth-order valence-corrected chi connectivity index (χ4v) is 2.69. The Morgan fingerprint density at radius 1 is 1.10 bits per heavy atom. The quantitative estimate of drug-likeness (QED) is 0.869. The number of hydrogen-bond donors (Lipinski definition) is 1. The van der Waals surface area contributed by atoms with E-state index in [1.165, 1.54) is 5.56 Å². The summed E-state index contributed by atoms with van der Waals surface area (Å²) in [6, 6.07) is 0.527. The molecule has 0 saturated heterocycles. The van der Waals surface area contributed by atoms with Crippen molar-refractivity contribution in [3.05, 3.63) is 22.8 Å². The zero-order chi connectivity index (χ0) is 15.3. The molecule has 4 heteroatoms. The van der Waals surface area contributed by atoms with Gasteiger partial charge in [-0.05, 0) is 32.4 Å². The van der Waals surface area contributed by atoms with Gasteiger partial charge in [-0.2, -0.15) is 0 Å². The third-order valence-electron chi connectivity index (χ3n) is 3.03. The van der Waals surface area contributed by atoms with E-state index in [2.05, 4.69) is 63.8 Å². The van der Waals surface area contributed by atoms with Gasteiger partial charge in [-0.25, -0.2) is 9.97 Å². The number of aryl methyl sites for hydroxylation is 2. The maximum atomic E-state index is 4.68. The van der Waals surface area contributed by atoms with Gasteiger partial charge in [-0.15, -0.1) is 11.8 Å². The molecule has 0 unspecified atom stereocenters. The van der Waals surface area contributed by atoms with Gasteiger partial charge in [0.25, 0.3) is 0 Å². The second-order valence-corrected chi connectivity index (χ2v) is 8.35. The molecule has 0 aliphatic carbocycles. The average molecular weight is 295 g/mol. The normalized spacial score (nSPS) is 12.2. The molecule has 0 fully saturated rings. The van der Waals surface area contributed by atoms with Crippen LogP contribution in [0.2, 0.25) is 0 Å². The molecule has 1 aromatic heterocycles. The fourth-order valence-electron chi connectivity index (χ4n) is 2.00. The van der Waals surface area contributed by atoms with Crippen LogP contribution in [-0.4, -0.2) is 27.3 Å². The van der Waals surface area contributed by atoms with Gasteiger partial charge < -0.3 is 5.32 Å². The molecule has 1 heterocycles. The van der Waals surface area contributed by atoms with Crippen molar-refractivity contribution >= 4 is 11.8 Å². The third kappa shape index (κ3) is 6.23. The summed E-state index contributed by atoms with van der Waals surface area (Å²) in [5.41, 5.74) is 3.56. The molecule has 0 spiro atoms. The van der Waals surface area contributed by atoms with Gasteiger partial charge in [-0.3, -0.25) is 0 Å². The van der Waals surface area contributed by atoms with Crippen molar-refractivity contribution in [2.24, 2.45) is 0 Å². The Morgan fingerprint density at radius 3 is 2.10 bits per heavy atom. The van der Waals surface area contributed by atoms with Crippen molar-refractivity contribution in [2.45, 2.75) is 71.4 Å². The summed E-state index contributed by atoms with van der Waals surface area (Å²) in [5.74, 6) is 1.84. The Kier molecular flexibility index (Phi) is 6.46. The van der Waals surface area contributed by atoms with Gasteiger partial charge in [0.05, 0.1) is 5.75 Å². The minimum Gasteiger partial charge on any atom is -0.314 e. The Hall–Kier alpha value is -0.610. The van der Waals surface area contributed by atoms with E-state index in [4.69, 9.17) is 0 Å². The maximum Gasteiger partial charge on any atom is 0.138 e. The molecule has 0 radical (unpaired) electrons. The first-order chi connectivity index (χ1) is 9.19. The largest absolute Gasteiger partial charge is 0.314 e. The molecule has 0 aliphatic heterocycles. The Labute approximate surface area is 128 Å². The summed E-state index contributed by atoms with van der Waals surface area (Å²) in [6.45, 7) is 16.2. The summed E-state index contributed by atoms with van der Waals surface area (Å²) in [5, 5.41) is 3.45. The Balaban J connectivity index is 2.71. The van der Waals surface area contributed by atoms with E-state index in [9.17, 15) is 0 Å². The van der Waals surface area contributed by atoms with Gasteiger partial charge in [0.1, 0.15) is 5.82 Å². The minimum atomic E-state index is 0.255. The number of thioether (sulfide) groups is 1. The lowest BCUT2D eigenvalue weighted by Crippen LogP contribution is -2.25. The predicted octanol–water partition coefficient (Wildman–Crippen LogP) is 3.67. The highest BCUT2D eigenvalue weighted by atomic mass is 32.2. The van der Waals surface area contributed by atoms with E-state index in [0.717, 1.165) is 35.9 Å². The molecule has 3 nitrogen and oxygen atoms in total. The van der Waals surface area contributed by atoms with Gasteiger partial charge in [-0.1, -0.05) is 34.6 Å². The first kappa shape index (κ1) is 17.4. The van der Waals surface area contributed by atoms with Crippen LogP contribution in [0.5, 0.6) is 0 Å². The molecular formula is C16H29N3S. The molecule has 20 heavy (non-hydrogen) atoms. The lowest BCUT2D eigenvalue weighted by molar-refractivity contribution is 0.587. The smallest absolute Gasteiger partial charge is 0.138 e. The van der Waals surface area contributed by atoms with Gasteiger partial charge in [0.2, 0.25) is 0 Å². The topological polar surface area (TPSA) is 37.8 Å². The van der Waals surface area contributed by atoms with Crippen molar-refractivity contribution in [3.63, 3.8) is 0 Å². The number of nitrogens with one attached hydrogen (secondary N) is 1. The molecule has 0 atom stereocenters. The van der Waals surface area contributed by atoms with Crippen molar-refractivity contribution in [1.82, 2.24) is 15.3 Å². The maximum absolute atomic E-state index is 4.68. The van der Waals surface area contributed by atoms with Gasteiger partial charge >= 0.3 is 0 Å². The van der Waals surface area contributed by atoms with Gasteiger partial charge in [0, 0.05) is 22.2 Å². The number of rotatable bonds is 6. The average Bonchev–Trinajstić information content (AvgIpc) is 2.29. The molecule has 1 N–H and O–H groups in total. The molecule has 0 amide bonds. The summed E-state index contributed by atoms with van der Waals surface area (Å²) in [6.07, 6.45) is 1.00. The Bertz CT molecular complexity index is 413. The SMILES string of the molecule is Cc1nc(CSC(C)(C)C)nc(C)c1CCNC(C)C. The zero-order valence-electron chi connectivity index (χ0n) is 14.0. The van der Waals surface area contributed by atoms with Crippen molar-refractivity contribution in [3.8, 4) is 0 Å². The standard InChI is InChI=1S/C16H29N3S/c1-11(2)17-9-8-14-12(3)18-15(19-13(14)4)10-20-16(5,6)7/h11,17H,8-10H2,1-7H3. The molecule has 1 aromatic rings. The van der Waals surface area contributed by atoms with Crippen LogP contribution in [0.25, 0.3) is 0 Å². The van der Waals surface area contributed by atoms with Crippen LogP contribution in [-0.2, 0) is 12.2 Å². The molecule has 0 aromatic carbocycles. The van der Waals surface area contributed by atoms with Crippen molar-refractivity contribution in [2.75, 3.05) is 6.54 Å². The molecule has 0 saturated carbocycles. The van der Waals surface area contributed by atoms with Crippen molar-refractivity contribution in [1.29, 1.82) is 0 Å². The Morgan fingerprint density at radius 2 is 1.65 bits per heavy atom. The summed E-state index contributed by atoms with van der Waals surface area (Å²) in [7, 11) is 0. The highest BCUT2D eigenvalue weighted by Gasteiger charge is 2.14. The summed E-state index contributed by atoms with van der Waals surface area (Å²) in [4.78, 5) is 9.35. The fraction of sp³-hybridized carbons (Fsp3) is 0.750. The predicted molar refractivity (Wildman–Crippen MR) is 89.4 cm³/mol. The van der Waals surface area contributed by atoms with Gasteiger partial charge in [0.15, 0.2) is 0 Å². The van der Waals surface area contributed by atoms with Crippen LogP contribution in [0.1, 0.15) is 57.4 Å². The van der Waals surface area contributed by atoms with Crippen LogP contribution >= 0.6 is 11.8 Å². The summed E-state index contributed by atoms with van der Waals surface area (Å²) >= 11 is 1.89. The molecular weight excluding hydrogens is 266 g/mol. The highest BCUT2D eigenvalue weighted by Crippen LogP contribution is 2.26. The third-order valence-corrected chi connectivity index (χ3v) is 4.30. The van der Waals surface area contributed by atoms with E-state index >= 15 is 0 Å². The van der Waals surface area contributed by atoms with Crippen LogP contribution in [0.15, 0.2) is 0 Å². The first-order valence-corrected chi connectivity index (χ1v) is 8.38. The molecule has 1 rings (SSSR count). The van der Waals surface area contributed by atoms with E-state index in [0.29, 0.717) is 6.04 Å². The van der Waals surface area contributed by atoms with Crippen LogP contribution in [0.3, 0.4) is 0 Å². The lowest BCUT2D eigenvalue weighted by Gasteiger charge is -2.18. The van der Waals surface area contributed by atoms with E-state index < -0.39 is 0 Å². The van der Waals surface area contributed by atoms with Crippen LogP contribution < -0.4 is 5.32 Å². The number of nitrogens with zero attached hydrogens (tertiary/aromatic N) is 2. The second kappa shape index (κ2) is 7.41. The van der Waals surface area contributed by atoms with E-state index in [-0.39, 0.29) is 4.75 Å². The van der Waals surface area contributed by atoms with Crippen molar-refractivity contribution < 1.29 is 0 Å². The monoisotopic (exact) mass is 295 g/mol. The molecule has 114 valence electrons. The first-order valence-electron chi connectivity index (χ1n) is 7.39. The molecule has 0 aliphatic rings. The second-order valence-electron chi connectivity index (χ2n) is 6.55. The lowest BCUT2D eigenvalue weighted by atomic mass is 10.1. The molecule has 0 bridgehead atoms. The van der Waals surface area contributed by atoms with Crippen LogP contribution in [0.4, 0.5) is 0 Å². The highest BCUT2D eigenvalue weighted by molar-refractivity contribution is 7.99. The van der Waals surface area contributed by atoms with E-state index in [1.807, 2.05) is 11.8 Å². The zero-order valence-corrected chi connectivity index (χ0v) is 14.8.